The molecule has 2 rings (SSSR count). The van der Waals surface area contributed by atoms with Crippen molar-refractivity contribution in [2.24, 2.45) is 0 Å². The summed E-state index contributed by atoms with van der Waals surface area (Å²) in [5.74, 6) is -1.19. The number of carbonyl (C=O) groups excluding carboxylic acids is 1. The molecule has 2 amide bonds. The maximum absolute atomic E-state index is 11.7. The molecule has 0 spiro atoms. The number of nitrogens with zero attached hydrogens (tertiary/aromatic N) is 3. The van der Waals surface area contributed by atoms with E-state index in [1.165, 1.54) is 12.3 Å². The maximum atomic E-state index is 11.7. The van der Waals surface area contributed by atoms with Crippen LogP contribution in [-0.2, 0) is 6.54 Å². The Balaban J connectivity index is 1.78. The second kappa shape index (κ2) is 7.04. The summed E-state index contributed by atoms with van der Waals surface area (Å²) in [5.41, 5.74) is -0.0248. The smallest absolute Gasteiger partial charge is 0.356 e. The van der Waals surface area contributed by atoms with Gasteiger partial charge >= 0.3 is 12.0 Å². The number of carboxylic acids is 1. The minimum atomic E-state index is -1.19. The minimum absolute atomic E-state index is 0.164. The van der Waals surface area contributed by atoms with Gasteiger partial charge in [-0.1, -0.05) is 0 Å². The lowest BCUT2D eigenvalue weighted by atomic mass is 10.3. The summed E-state index contributed by atoms with van der Waals surface area (Å²) in [5, 5.41) is 14.1. The number of aromatic carboxylic acids is 1. The van der Waals surface area contributed by atoms with Crippen molar-refractivity contribution in [2.45, 2.75) is 13.0 Å². The summed E-state index contributed by atoms with van der Waals surface area (Å²) in [6.07, 6.45) is 7.33. The van der Waals surface area contributed by atoms with Crippen molar-refractivity contribution in [1.29, 1.82) is 0 Å². The molecule has 21 heavy (non-hydrogen) atoms. The molecule has 0 radical (unpaired) electrons. The number of anilines is 1. The van der Waals surface area contributed by atoms with Crippen LogP contribution in [0.5, 0.6) is 0 Å². The highest BCUT2D eigenvalue weighted by molar-refractivity contribution is 5.98. The predicted molar refractivity (Wildman–Crippen MR) is 75.1 cm³/mol. The van der Waals surface area contributed by atoms with Gasteiger partial charge < -0.3 is 20.3 Å². The maximum Gasteiger partial charge on any atom is 0.356 e. The van der Waals surface area contributed by atoms with E-state index >= 15 is 0 Å². The average molecular weight is 289 g/mol. The van der Waals surface area contributed by atoms with E-state index < -0.39 is 12.0 Å². The zero-order chi connectivity index (χ0) is 15.1. The topological polar surface area (TPSA) is 109 Å². The Bertz CT molecular complexity index is 612. The monoisotopic (exact) mass is 289 g/mol. The molecule has 8 nitrogen and oxygen atoms in total. The number of pyridine rings is 1. The molecule has 110 valence electrons. The molecule has 0 fully saturated rings. The van der Waals surface area contributed by atoms with Gasteiger partial charge in [0.25, 0.3) is 0 Å². The fraction of sp³-hybridized carbons (Fsp3) is 0.231. The minimum Gasteiger partial charge on any atom is -0.476 e. The van der Waals surface area contributed by atoms with Gasteiger partial charge in [-0.25, -0.2) is 19.6 Å². The van der Waals surface area contributed by atoms with E-state index in [9.17, 15) is 9.59 Å². The first-order valence-corrected chi connectivity index (χ1v) is 6.35. The number of carbonyl (C=O) groups is 2. The molecule has 0 bridgehead atoms. The molecule has 0 aliphatic rings. The number of aryl methyl sites for hydroxylation is 1. The fourth-order valence-corrected chi connectivity index (χ4v) is 1.73. The first-order valence-electron chi connectivity index (χ1n) is 6.35. The number of hydrogen-bond donors (Lipinski definition) is 3. The molecule has 0 aliphatic heterocycles. The highest BCUT2D eigenvalue weighted by atomic mass is 16.4. The van der Waals surface area contributed by atoms with E-state index in [4.69, 9.17) is 5.11 Å². The Labute approximate surface area is 120 Å². The lowest BCUT2D eigenvalue weighted by Crippen LogP contribution is -2.30. The van der Waals surface area contributed by atoms with Gasteiger partial charge in [-0.15, -0.1) is 0 Å². The van der Waals surface area contributed by atoms with Crippen molar-refractivity contribution in [2.75, 3.05) is 11.9 Å². The van der Waals surface area contributed by atoms with E-state index in [2.05, 4.69) is 20.6 Å². The molecule has 2 aromatic heterocycles. The Morgan fingerprint density at radius 3 is 2.90 bits per heavy atom. The predicted octanol–water partition coefficient (Wildman–Crippen LogP) is 1.19. The molecule has 2 aromatic rings. The van der Waals surface area contributed by atoms with Gasteiger partial charge in [0.1, 0.15) is 0 Å². The van der Waals surface area contributed by atoms with Crippen molar-refractivity contribution in [3.8, 4) is 0 Å². The fourth-order valence-electron chi connectivity index (χ4n) is 1.73. The third-order valence-electron chi connectivity index (χ3n) is 2.70. The lowest BCUT2D eigenvalue weighted by Gasteiger charge is -2.09. The Morgan fingerprint density at radius 2 is 2.19 bits per heavy atom. The third kappa shape index (κ3) is 4.30. The number of amides is 2. The van der Waals surface area contributed by atoms with Crippen LogP contribution in [0.2, 0.25) is 0 Å². The summed E-state index contributed by atoms with van der Waals surface area (Å²) in [7, 11) is 0. The molecule has 0 aromatic carbocycles. The number of carboxylic acid groups (broad SMARTS) is 1. The van der Waals surface area contributed by atoms with Gasteiger partial charge in [0.05, 0.1) is 12.0 Å². The average Bonchev–Trinajstić information content (AvgIpc) is 2.97. The van der Waals surface area contributed by atoms with Crippen LogP contribution >= 0.6 is 0 Å². The number of imidazole rings is 1. The quantitative estimate of drug-likeness (QED) is 0.692. The summed E-state index contributed by atoms with van der Waals surface area (Å²) in [4.78, 5) is 30.3. The van der Waals surface area contributed by atoms with Gasteiger partial charge in [-0.05, 0) is 18.6 Å². The summed E-state index contributed by atoms with van der Waals surface area (Å²) in [6, 6.07) is 2.58. The van der Waals surface area contributed by atoms with Crippen LogP contribution in [0.1, 0.15) is 16.9 Å². The number of urea groups is 1. The summed E-state index contributed by atoms with van der Waals surface area (Å²) in [6.45, 7) is 1.21. The molecule has 0 saturated carbocycles. The van der Waals surface area contributed by atoms with Gasteiger partial charge in [-0.2, -0.15) is 0 Å². The van der Waals surface area contributed by atoms with Crippen LogP contribution in [0.25, 0.3) is 0 Å². The molecule has 0 aliphatic carbocycles. The van der Waals surface area contributed by atoms with Gasteiger partial charge in [0, 0.05) is 31.7 Å². The van der Waals surface area contributed by atoms with E-state index in [0.29, 0.717) is 6.54 Å². The molecule has 8 heteroatoms. The molecule has 0 saturated heterocycles. The lowest BCUT2D eigenvalue weighted by molar-refractivity contribution is 0.0691. The van der Waals surface area contributed by atoms with E-state index in [0.717, 1.165) is 13.0 Å². The normalized spacial score (nSPS) is 10.1. The molecule has 2 heterocycles. The van der Waals surface area contributed by atoms with Crippen molar-refractivity contribution < 1.29 is 14.7 Å². The first kappa shape index (κ1) is 14.5. The molecule has 0 unspecified atom stereocenters. The van der Waals surface area contributed by atoms with E-state index in [-0.39, 0.29) is 11.4 Å². The van der Waals surface area contributed by atoms with Gasteiger partial charge in [0.2, 0.25) is 0 Å². The Hall–Kier alpha value is -2.90. The number of aromatic nitrogens is 3. The van der Waals surface area contributed by atoms with Crippen LogP contribution in [0, 0.1) is 0 Å². The van der Waals surface area contributed by atoms with Gasteiger partial charge in [-0.3, -0.25) is 0 Å². The highest BCUT2D eigenvalue weighted by Gasteiger charge is 2.12. The van der Waals surface area contributed by atoms with Crippen LogP contribution in [0.15, 0.2) is 37.1 Å². The third-order valence-corrected chi connectivity index (χ3v) is 2.70. The molecular weight excluding hydrogens is 274 g/mol. The molecular formula is C13H15N5O3. The Kier molecular flexibility index (Phi) is 4.86. The van der Waals surface area contributed by atoms with Crippen LogP contribution in [-0.4, -0.2) is 38.2 Å². The molecule has 0 atom stereocenters. The van der Waals surface area contributed by atoms with Crippen LogP contribution in [0.3, 0.4) is 0 Å². The summed E-state index contributed by atoms with van der Waals surface area (Å²) >= 11 is 0. The van der Waals surface area contributed by atoms with Crippen molar-refractivity contribution in [1.82, 2.24) is 19.9 Å². The zero-order valence-corrected chi connectivity index (χ0v) is 11.2. The number of hydrogen-bond acceptors (Lipinski definition) is 4. The molecule has 3 N–H and O–H groups in total. The largest absolute Gasteiger partial charge is 0.476 e. The van der Waals surface area contributed by atoms with Gasteiger partial charge in [0.15, 0.2) is 5.69 Å². The standard InChI is InChI=1S/C13H15N5O3/c19-12(20)11-10(3-1-4-15-11)17-13(21)16-5-2-7-18-8-6-14-9-18/h1,3-4,6,8-9H,2,5,7H2,(H,19,20)(H2,16,17,21). The van der Waals surface area contributed by atoms with Crippen molar-refractivity contribution in [3.05, 3.63) is 42.7 Å². The van der Waals surface area contributed by atoms with Crippen molar-refractivity contribution >= 4 is 17.7 Å². The summed E-state index contributed by atoms with van der Waals surface area (Å²) < 4.78 is 1.91. The van der Waals surface area contributed by atoms with Crippen LogP contribution in [0.4, 0.5) is 10.5 Å². The first-order chi connectivity index (χ1) is 10.2. The zero-order valence-electron chi connectivity index (χ0n) is 11.2. The highest BCUT2D eigenvalue weighted by Crippen LogP contribution is 2.11. The Morgan fingerprint density at radius 1 is 1.33 bits per heavy atom. The second-order valence-corrected chi connectivity index (χ2v) is 4.24. The number of rotatable bonds is 6. The van der Waals surface area contributed by atoms with Crippen LogP contribution < -0.4 is 10.6 Å². The van der Waals surface area contributed by atoms with E-state index in [1.54, 1.807) is 18.6 Å². The number of nitrogens with one attached hydrogen (secondary N) is 2. The van der Waals surface area contributed by atoms with Crippen molar-refractivity contribution in [3.63, 3.8) is 0 Å². The second-order valence-electron chi connectivity index (χ2n) is 4.24. The SMILES string of the molecule is O=C(NCCCn1ccnc1)Nc1cccnc1C(=O)O. The van der Waals surface area contributed by atoms with E-state index in [1.807, 2.05) is 10.8 Å².